The maximum absolute atomic E-state index is 12.1. The minimum absolute atomic E-state index is 0.389. The van der Waals surface area contributed by atoms with Crippen LogP contribution < -0.4 is 5.32 Å². The molecule has 0 aromatic rings. The zero-order valence-electron chi connectivity index (χ0n) is 13.1. The van der Waals surface area contributed by atoms with Gasteiger partial charge in [0.1, 0.15) is 0 Å². The van der Waals surface area contributed by atoms with Gasteiger partial charge in [0.05, 0.1) is 0 Å². The molecule has 0 radical (unpaired) electrons. The predicted octanol–water partition coefficient (Wildman–Crippen LogP) is 1.60. The predicted molar refractivity (Wildman–Crippen MR) is 83.1 cm³/mol. The van der Waals surface area contributed by atoms with Crippen LogP contribution in [0.5, 0.6) is 0 Å². The van der Waals surface area contributed by atoms with Crippen molar-refractivity contribution >= 4 is 5.91 Å². The summed E-state index contributed by atoms with van der Waals surface area (Å²) < 4.78 is 0. The lowest BCUT2D eigenvalue weighted by molar-refractivity contribution is -0.133. The van der Waals surface area contributed by atoms with Crippen LogP contribution in [0.3, 0.4) is 0 Å². The van der Waals surface area contributed by atoms with E-state index in [0.29, 0.717) is 23.9 Å². The van der Waals surface area contributed by atoms with Gasteiger partial charge in [-0.25, -0.2) is 0 Å². The summed E-state index contributed by atoms with van der Waals surface area (Å²) in [4.78, 5) is 16.9. The molecular weight excluding hydrogens is 262 g/mol. The van der Waals surface area contributed by atoms with E-state index < -0.39 is 0 Å². The highest BCUT2D eigenvalue weighted by molar-refractivity contribution is 5.81. The Bertz CT molecular complexity index is 387. The lowest BCUT2D eigenvalue weighted by Crippen LogP contribution is -2.52. The van der Waals surface area contributed by atoms with Crippen LogP contribution in [0.4, 0.5) is 0 Å². The molecule has 118 valence electrons. The van der Waals surface area contributed by atoms with Gasteiger partial charge >= 0.3 is 0 Å². The van der Waals surface area contributed by atoms with Crippen molar-refractivity contribution in [3.63, 3.8) is 0 Å². The number of rotatable bonds is 3. The molecule has 2 atom stereocenters. The lowest BCUT2D eigenvalue weighted by Gasteiger charge is -2.37. The van der Waals surface area contributed by atoms with Crippen LogP contribution in [0.25, 0.3) is 0 Å². The molecule has 21 heavy (non-hydrogen) atoms. The summed E-state index contributed by atoms with van der Waals surface area (Å²) in [6.45, 7) is 4.57. The van der Waals surface area contributed by atoms with Gasteiger partial charge in [-0.1, -0.05) is 6.42 Å². The SMILES string of the molecule is O=C(C1CC1)N1CCC(NC2CCN3CCCCC23)CC1. The summed E-state index contributed by atoms with van der Waals surface area (Å²) >= 11 is 0. The van der Waals surface area contributed by atoms with E-state index in [4.69, 9.17) is 0 Å². The maximum atomic E-state index is 12.1. The summed E-state index contributed by atoms with van der Waals surface area (Å²) in [6, 6.07) is 2.14. The molecule has 1 saturated carbocycles. The average molecular weight is 291 g/mol. The Labute approximate surface area is 128 Å². The summed E-state index contributed by atoms with van der Waals surface area (Å²) in [5, 5.41) is 3.94. The Kier molecular flexibility index (Phi) is 3.92. The van der Waals surface area contributed by atoms with Crippen molar-refractivity contribution in [3.8, 4) is 0 Å². The largest absolute Gasteiger partial charge is 0.342 e. The standard InChI is InChI=1S/C17H29N3O/c21-17(13-4-5-13)20-10-6-14(7-11-20)18-15-8-12-19-9-2-1-3-16(15)19/h13-16,18H,1-12H2. The van der Waals surface area contributed by atoms with Crippen LogP contribution in [0.1, 0.15) is 51.4 Å². The third-order valence-electron chi connectivity index (χ3n) is 6.04. The first kappa shape index (κ1) is 14.0. The Morgan fingerprint density at radius 2 is 1.67 bits per heavy atom. The number of carbonyl (C=O) groups excluding carboxylic acids is 1. The molecule has 3 saturated heterocycles. The maximum Gasteiger partial charge on any atom is 0.225 e. The number of likely N-dealkylation sites (tertiary alicyclic amines) is 1. The zero-order valence-corrected chi connectivity index (χ0v) is 13.1. The molecule has 1 amide bonds. The van der Waals surface area contributed by atoms with Crippen molar-refractivity contribution in [2.45, 2.75) is 69.5 Å². The summed E-state index contributed by atoms with van der Waals surface area (Å²) in [7, 11) is 0. The fourth-order valence-corrected chi connectivity index (χ4v) is 4.60. The Morgan fingerprint density at radius 1 is 0.857 bits per heavy atom. The molecule has 2 unspecified atom stereocenters. The molecule has 4 heteroatoms. The van der Waals surface area contributed by atoms with E-state index >= 15 is 0 Å². The molecular formula is C17H29N3O. The first-order chi connectivity index (χ1) is 10.3. The molecule has 0 aromatic heterocycles. The summed E-state index contributed by atoms with van der Waals surface area (Å²) in [5.41, 5.74) is 0. The van der Waals surface area contributed by atoms with Crippen molar-refractivity contribution in [2.24, 2.45) is 5.92 Å². The van der Waals surface area contributed by atoms with E-state index in [2.05, 4.69) is 15.1 Å². The van der Waals surface area contributed by atoms with Gasteiger partial charge in [0.15, 0.2) is 0 Å². The Hall–Kier alpha value is -0.610. The van der Waals surface area contributed by atoms with E-state index in [1.54, 1.807) is 0 Å². The number of amides is 1. The van der Waals surface area contributed by atoms with Crippen LogP contribution in [0, 0.1) is 5.92 Å². The molecule has 3 heterocycles. The first-order valence-electron chi connectivity index (χ1n) is 9.10. The molecule has 0 spiro atoms. The first-order valence-corrected chi connectivity index (χ1v) is 9.10. The van der Waals surface area contributed by atoms with Gasteiger partial charge in [0.25, 0.3) is 0 Å². The quantitative estimate of drug-likeness (QED) is 0.858. The lowest BCUT2D eigenvalue weighted by atomic mass is 9.96. The van der Waals surface area contributed by atoms with Gasteiger partial charge in [0.2, 0.25) is 5.91 Å². The third-order valence-corrected chi connectivity index (χ3v) is 6.04. The van der Waals surface area contributed by atoms with Crippen molar-refractivity contribution < 1.29 is 4.79 Å². The van der Waals surface area contributed by atoms with Crippen LogP contribution in [0.15, 0.2) is 0 Å². The topological polar surface area (TPSA) is 35.6 Å². The van der Waals surface area contributed by atoms with E-state index in [9.17, 15) is 4.79 Å². The zero-order chi connectivity index (χ0) is 14.2. The van der Waals surface area contributed by atoms with Crippen LogP contribution in [-0.2, 0) is 4.79 Å². The van der Waals surface area contributed by atoms with Crippen LogP contribution >= 0.6 is 0 Å². The van der Waals surface area contributed by atoms with Crippen molar-refractivity contribution in [2.75, 3.05) is 26.2 Å². The Balaban J connectivity index is 1.26. The number of piperidine rings is 2. The fourth-order valence-electron chi connectivity index (χ4n) is 4.60. The highest BCUT2D eigenvalue weighted by Crippen LogP contribution is 2.32. The molecule has 1 aliphatic carbocycles. The molecule has 4 rings (SSSR count). The number of hydrogen-bond acceptors (Lipinski definition) is 3. The second kappa shape index (κ2) is 5.88. The molecule has 0 bridgehead atoms. The van der Waals surface area contributed by atoms with Gasteiger partial charge in [-0.3, -0.25) is 9.69 Å². The minimum Gasteiger partial charge on any atom is -0.342 e. The highest BCUT2D eigenvalue weighted by atomic mass is 16.2. The normalized spacial score (nSPS) is 35.0. The molecule has 4 fully saturated rings. The minimum atomic E-state index is 0.389. The van der Waals surface area contributed by atoms with Gasteiger partial charge in [-0.15, -0.1) is 0 Å². The smallest absolute Gasteiger partial charge is 0.225 e. The summed E-state index contributed by atoms with van der Waals surface area (Å²) in [5.74, 6) is 0.827. The monoisotopic (exact) mass is 291 g/mol. The summed E-state index contributed by atoms with van der Waals surface area (Å²) in [6.07, 6.45) is 10.1. The van der Waals surface area contributed by atoms with Crippen LogP contribution in [0.2, 0.25) is 0 Å². The van der Waals surface area contributed by atoms with E-state index in [1.807, 2.05) is 0 Å². The van der Waals surface area contributed by atoms with Gasteiger partial charge in [-0.2, -0.15) is 0 Å². The van der Waals surface area contributed by atoms with E-state index in [1.165, 1.54) is 38.8 Å². The van der Waals surface area contributed by atoms with E-state index in [-0.39, 0.29) is 0 Å². The molecule has 0 aromatic carbocycles. The van der Waals surface area contributed by atoms with Crippen LogP contribution in [-0.4, -0.2) is 60.0 Å². The number of fused-ring (bicyclic) bond motifs is 1. The second-order valence-electron chi connectivity index (χ2n) is 7.53. The number of carbonyl (C=O) groups is 1. The molecule has 4 aliphatic rings. The molecule has 1 N–H and O–H groups in total. The average Bonchev–Trinajstić information content (AvgIpc) is 3.30. The van der Waals surface area contributed by atoms with E-state index in [0.717, 1.165) is 44.8 Å². The fraction of sp³-hybridized carbons (Fsp3) is 0.941. The van der Waals surface area contributed by atoms with Gasteiger partial charge < -0.3 is 10.2 Å². The molecule has 3 aliphatic heterocycles. The van der Waals surface area contributed by atoms with Gasteiger partial charge in [-0.05, 0) is 51.5 Å². The second-order valence-corrected chi connectivity index (χ2v) is 7.53. The van der Waals surface area contributed by atoms with Crippen molar-refractivity contribution in [3.05, 3.63) is 0 Å². The number of nitrogens with one attached hydrogen (secondary N) is 1. The third kappa shape index (κ3) is 2.98. The van der Waals surface area contributed by atoms with Crippen molar-refractivity contribution in [1.29, 1.82) is 0 Å². The van der Waals surface area contributed by atoms with Crippen molar-refractivity contribution in [1.82, 2.24) is 15.1 Å². The van der Waals surface area contributed by atoms with Gasteiger partial charge in [0, 0.05) is 43.7 Å². The number of nitrogens with zero attached hydrogens (tertiary/aromatic N) is 2. The molecule has 4 nitrogen and oxygen atoms in total. The number of hydrogen-bond donors (Lipinski definition) is 1. The Morgan fingerprint density at radius 3 is 2.43 bits per heavy atom. The highest BCUT2D eigenvalue weighted by Gasteiger charge is 2.38.